The molecular formula is C15H16ClFN2OS. The molecule has 1 aromatic carbocycles. The summed E-state index contributed by atoms with van der Waals surface area (Å²) >= 11 is 1.47. The molecule has 6 heteroatoms. The maximum atomic E-state index is 14.4. The van der Waals surface area contributed by atoms with Gasteiger partial charge in [-0.2, -0.15) is 11.3 Å². The van der Waals surface area contributed by atoms with E-state index in [4.69, 9.17) is 0 Å². The van der Waals surface area contributed by atoms with Crippen molar-refractivity contribution in [3.63, 3.8) is 0 Å². The summed E-state index contributed by atoms with van der Waals surface area (Å²) in [6.07, 6.45) is 0.655. The van der Waals surface area contributed by atoms with Gasteiger partial charge in [-0.15, -0.1) is 12.4 Å². The molecule has 1 amide bonds. The van der Waals surface area contributed by atoms with Crippen LogP contribution in [0.5, 0.6) is 0 Å². The summed E-state index contributed by atoms with van der Waals surface area (Å²) in [5.74, 6) is -0.554. The lowest BCUT2D eigenvalue weighted by atomic mass is 9.99. The zero-order chi connectivity index (χ0) is 14.1. The minimum atomic E-state index is -0.301. The summed E-state index contributed by atoms with van der Waals surface area (Å²) in [5, 5.41) is 9.57. The highest BCUT2D eigenvalue weighted by Crippen LogP contribution is 2.25. The molecule has 112 valence electrons. The summed E-state index contributed by atoms with van der Waals surface area (Å²) in [6.45, 7) is 3.33. The van der Waals surface area contributed by atoms with Crippen LogP contribution in [0.15, 0.2) is 22.9 Å². The van der Waals surface area contributed by atoms with Crippen molar-refractivity contribution in [2.75, 3.05) is 11.9 Å². The SMILES string of the molecule is Cc1cscc1C(=O)Nc1ccc2c(c1F)CCNC2.Cl. The number of nitrogens with one attached hydrogen (secondary N) is 2. The molecule has 0 saturated carbocycles. The number of hydrogen-bond acceptors (Lipinski definition) is 3. The Morgan fingerprint density at radius 1 is 1.38 bits per heavy atom. The second-order valence-corrected chi connectivity index (χ2v) is 5.66. The van der Waals surface area contributed by atoms with Crippen molar-refractivity contribution >= 4 is 35.3 Å². The minimum Gasteiger partial charge on any atom is -0.319 e. The number of carbonyl (C=O) groups is 1. The summed E-state index contributed by atoms with van der Waals surface area (Å²) in [5.41, 5.74) is 3.46. The lowest BCUT2D eigenvalue weighted by Crippen LogP contribution is -2.25. The molecule has 0 bridgehead atoms. The Balaban J connectivity index is 0.00000161. The lowest BCUT2D eigenvalue weighted by Gasteiger charge is -2.19. The zero-order valence-electron chi connectivity index (χ0n) is 11.5. The number of thiophene rings is 1. The van der Waals surface area contributed by atoms with E-state index in [2.05, 4.69) is 10.6 Å². The number of hydrogen-bond donors (Lipinski definition) is 2. The van der Waals surface area contributed by atoms with Gasteiger partial charge in [0, 0.05) is 11.9 Å². The largest absolute Gasteiger partial charge is 0.319 e. The number of aryl methyl sites for hydroxylation is 1. The number of carbonyl (C=O) groups excluding carboxylic acids is 1. The number of rotatable bonds is 2. The fraction of sp³-hybridized carbons (Fsp3) is 0.267. The van der Waals surface area contributed by atoms with Gasteiger partial charge in [0.2, 0.25) is 0 Å². The van der Waals surface area contributed by atoms with Gasteiger partial charge in [0.25, 0.3) is 5.91 Å². The van der Waals surface area contributed by atoms with Gasteiger partial charge >= 0.3 is 0 Å². The molecule has 1 aliphatic heterocycles. The smallest absolute Gasteiger partial charge is 0.256 e. The van der Waals surface area contributed by atoms with Crippen LogP contribution >= 0.6 is 23.7 Å². The second-order valence-electron chi connectivity index (χ2n) is 4.91. The molecule has 2 heterocycles. The average Bonchev–Trinajstić information content (AvgIpc) is 2.88. The molecule has 0 atom stereocenters. The Bertz CT molecular complexity index is 672. The first-order valence-corrected chi connectivity index (χ1v) is 7.46. The van der Waals surface area contributed by atoms with Crippen molar-refractivity contribution in [1.82, 2.24) is 5.32 Å². The van der Waals surface area contributed by atoms with E-state index in [9.17, 15) is 9.18 Å². The maximum Gasteiger partial charge on any atom is 0.256 e. The van der Waals surface area contributed by atoms with Crippen LogP contribution in [0.2, 0.25) is 0 Å². The molecular weight excluding hydrogens is 311 g/mol. The quantitative estimate of drug-likeness (QED) is 0.886. The highest BCUT2D eigenvalue weighted by atomic mass is 35.5. The first-order chi connectivity index (χ1) is 9.66. The third-order valence-electron chi connectivity index (χ3n) is 3.56. The average molecular weight is 327 g/mol. The van der Waals surface area contributed by atoms with Crippen LogP contribution in [0.3, 0.4) is 0 Å². The number of anilines is 1. The minimum absolute atomic E-state index is 0. The van der Waals surface area contributed by atoms with Crippen molar-refractivity contribution in [2.24, 2.45) is 0 Å². The van der Waals surface area contributed by atoms with Crippen LogP contribution in [0, 0.1) is 12.7 Å². The predicted molar refractivity (Wildman–Crippen MR) is 86.1 cm³/mol. The van der Waals surface area contributed by atoms with Crippen molar-refractivity contribution in [3.8, 4) is 0 Å². The van der Waals surface area contributed by atoms with Crippen LogP contribution in [0.4, 0.5) is 10.1 Å². The van der Waals surface area contributed by atoms with Crippen LogP contribution in [-0.4, -0.2) is 12.5 Å². The normalized spacial score (nSPS) is 13.2. The van der Waals surface area contributed by atoms with E-state index >= 15 is 0 Å². The number of fused-ring (bicyclic) bond motifs is 1. The third-order valence-corrected chi connectivity index (χ3v) is 4.42. The standard InChI is InChI=1S/C15H15FN2OS.ClH/c1-9-7-20-8-12(9)15(19)18-13-3-2-10-6-17-5-4-11(10)14(13)16;/h2-3,7-8,17H,4-6H2,1H3,(H,18,19);1H. The van der Waals surface area contributed by atoms with Gasteiger partial charge in [-0.1, -0.05) is 6.07 Å². The zero-order valence-corrected chi connectivity index (χ0v) is 13.2. The van der Waals surface area contributed by atoms with Crippen molar-refractivity contribution in [1.29, 1.82) is 0 Å². The fourth-order valence-corrected chi connectivity index (χ4v) is 3.24. The first kappa shape index (κ1) is 15.9. The molecule has 0 spiro atoms. The van der Waals surface area contributed by atoms with Gasteiger partial charge in [-0.3, -0.25) is 4.79 Å². The summed E-state index contributed by atoms with van der Waals surface area (Å²) in [7, 11) is 0. The topological polar surface area (TPSA) is 41.1 Å². The van der Waals surface area contributed by atoms with E-state index in [0.717, 1.165) is 17.7 Å². The monoisotopic (exact) mass is 326 g/mol. The van der Waals surface area contributed by atoms with Gasteiger partial charge in [-0.05, 0) is 48.0 Å². The van der Waals surface area contributed by atoms with E-state index in [-0.39, 0.29) is 29.8 Å². The van der Waals surface area contributed by atoms with Crippen molar-refractivity contribution in [2.45, 2.75) is 19.9 Å². The summed E-state index contributed by atoms with van der Waals surface area (Å²) in [6, 6.07) is 3.52. The van der Waals surface area contributed by atoms with E-state index < -0.39 is 0 Å². The fourth-order valence-electron chi connectivity index (χ4n) is 2.41. The van der Waals surface area contributed by atoms with Gasteiger partial charge in [0.05, 0.1) is 11.3 Å². The molecule has 0 aliphatic carbocycles. The number of halogens is 2. The highest BCUT2D eigenvalue weighted by Gasteiger charge is 2.18. The molecule has 3 rings (SSSR count). The van der Waals surface area contributed by atoms with Crippen molar-refractivity contribution in [3.05, 3.63) is 51.0 Å². The summed E-state index contributed by atoms with van der Waals surface area (Å²) in [4.78, 5) is 12.1. The molecule has 2 N–H and O–H groups in total. The number of amides is 1. The van der Waals surface area contributed by atoms with Gasteiger partial charge in [0.15, 0.2) is 0 Å². The molecule has 21 heavy (non-hydrogen) atoms. The Morgan fingerprint density at radius 3 is 2.90 bits per heavy atom. The molecule has 0 radical (unpaired) electrons. The maximum absolute atomic E-state index is 14.4. The molecule has 0 unspecified atom stereocenters. The molecule has 3 nitrogen and oxygen atoms in total. The Kier molecular flexibility index (Phi) is 4.98. The number of benzene rings is 1. The van der Waals surface area contributed by atoms with E-state index in [0.29, 0.717) is 24.1 Å². The molecule has 0 saturated heterocycles. The highest BCUT2D eigenvalue weighted by molar-refractivity contribution is 7.08. The van der Waals surface area contributed by atoms with Gasteiger partial charge in [-0.25, -0.2) is 4.39 Å². The Morgan fingerprint density at radius 2 is 2.19 bits per heavy atom. The van der Waals surface area contributed by atoms with Gasteiger partial charge in [0.1, 0.15) is 5.82 Å². The van der Waals surface area contributed by atoms with E-state index in [1.165, 1.54) is 11.3 Å². The van der Waals surface area contributed by atoms with Crippen molar-refractivity contribution < 1.29 is 9.18 Å². The van der Waals surface area contributed by atoms with Crippen LogP contribution in [0.25, 0.3) is 0 Å². The van der Waals surface area contributed by atoms with Crippen LogP contribution in [0.1, 0.15) is 27.0 Å². The van der Waals surface area contributed by atoms with E-state index in [1.54, 1.807) is 11.4 Å². The third kappa shape index (κ3) is 3.10. The first-order valence-electron chi connectivity index (χ1n) is 6.52. The van der Waals surface area contributed by atoms with Gasteiger partial charge < -0.3 is 10.6 Å². The second kappa shape index (κ2) is 6.56. The Labute approximate surface area is 133 Å². The molecule has 1 aromatic heterocycles. The van der Waals surface area contributed by atoms with Crippen LogP contribution in [-0.2, 0) is 13.0 Å². The molecule has 1 aliphatic rings. The lowest BCUT2D eigenvalue weighted by molar-refractivity contribution is 0.102. The molecule has 0 fully saturated rings. The summed E-state index contributed by atoms with van der Waals surface area (Å²) < 4.78 is 14.4. The van der Waals surface area contributed by atoms with E-state index in [1.807, 2.05) is 18.4 Å². The molecule has 2 aromatic rings. The Hall–Kier alpha value is -1.43. The predicted octanol–water partition coefficient (Wildman–Crippen LogP) is 3.52. The van der Waals surface area contributed by atoms with Crippen LogP contribution < -0.4 is 10.6 Å².